The minimum atomic E-state index is -0.301. The number of hydrogen-bond acceptors (Lipinski definition) is 6. The molecule has 0 spiro atoms. The van der Waals surface area contributed by atoms with Crippen molar-refractivity contribution in [1.29, 1.82) is 0 Å². The standard InChI is InChI=1S/C31H38O5S/c1-3-18-9-5-4-8-17(2)29(33)23-14-21-19-10-6-11-20(19)24-15-25(26-12-7-13-37-26)31(34)36-30(24)28(21)22(23)16-27(32)35-18/h7,12-15,17-22,24,28,30H,3-6,8-11,16H2,1-2H3/t17-,18+,19-,20?,21?,22-,24?,28?,30?/m1/s1. The van der Waals surface area contributed by atoms with E-state index < -0.39 is 0 Å². The van der Waals surface area contributed by atoms with Crippen LogP contribution in [0.25, 0.3) is 5.57 Å². The Labute approximate surface area is 223 Å². The molecule has 1 saturated heterocycles. The van der Waals surface area contributed by atoms with Crippen LogP contribution in [0.15, 0.2) is 35.2 Å². The van der Waals surface area contributed by atoms with E-state index in [4.69, 9.17) is 9.47 Å². The van der Waals surface area contributed by atoms with Crippen LogP contribution in [0.2, 0.25) is 0 Å². The first-order chi connectivity index (χ1) is 18.0. The van der Waals surface area contributed by atoms with Gasteiger partial charge in [-0.2, -0.15) is 0 Å². The molecule has 198 valence electrons. The van der Waals surface area contributed by atoms with Crippen molar-refractivity contribution in [1.82, 2.24) is 0 Å². The smallest absolute Gasteiger partial charge is 0.339 e. The zero-order valence-corrected chi connectivity index (χ0v) is 22.7. The van der Waals surface area contributed by atoms with Gasteiger partial charge in [-0.1, -0.05) is 44.9 Å². The monoisotopic (exact) mass is 522 g/mol. The minimum Gasteiger partial charge on any atom is -0.462 e. The minimum absolute atomic E-state index is 0.0452. The van der Waals surface area contributed by atoms with Gasteiger partial charge in [-0.25, -0.2) is 4.79 Å². The SMILES string of the molecule is CC[C@H]1CCCC[C@@H](C)C(=O)C2=CC3C(C4OC(=O)C(c5cccs5)=CC4C4CCC[C@@H]34)[C@@H]2CC(=O)O1. The third-order valence-corrected chi connectivity index (χ3v) is 10.9. The van der Waals surface area contributed by atoms with Gasteiger partial charge in [-0.3, -0.25) is 9.59 Å². The number of thiophene rings is 1. The van der Waals surface area contributed by atoms with E-state index in [1.165, 1.54) is 0 Å². The van der Waals surface area contributed by atoms with Gasteiger partial charge in [0.2, 0.25) is 0 Å². The molecule has 3 aliphatic carbocycles. The molecule has 0 bridgehead atoms. The van der Waals surface area contributed by atoms with E-state index in [1.807, 2.05) is 24.4 Å². The molecule has 0 amide bonds. The lowest BCUT2D eigenvalue weighted by atomic mass is 9.59. The van der Waals surface area contributed by atoms with E-state index in [0.29, 0.717) is 17.4 Å². The highest BCUT2D eigenvalue weighted by atomic mass is 32.1. The van der Waals surface area contributed by atoms with Gasteiger partial charge in [-0.05, 0) is 73.3 Å². The van der Waals surface area contributed by atoms with Crippen molar-refractivity contribution in [2.45, 2.75) is 83.8 Å². The van der Waals surface area contributed by atoms with Crippen LogP contribution in [0.4, 0.5) is 0 Å². The van der Waals surface area contributed by atoms with E-state index >= 15 is 0 Å². The van der Waals surface area contributed by atoms with Gasteiger partial charge in [0, 0.05) is 28.5 Å². The predicted octanol–water partition coefficient (Wildman–Crippen LogP) is 6.38. The van der Waals surface area contributed by atoms with Crippen LogP contribution < -0.4 is 0 Å². The van der Waals surface area contributed by atoms with Crippen LogP contribution >= 0.6 is 11.3 Å². The van der Waals surface area contributed by atoms with Gasteiger partial charge < -0.3 is 9.47 Å². The second kappa shape index (κ2) is 10.2. The summed E-state index contributed by atoms with van der Waals surface area (Å²) in [6.07, 6.45) is 12.1. The Bertz CT molecular complexity index is 1120. The lowest BCUT2D eigenvalue weighted by Crippen LogP contribution is -2.51. The fraction of sp³-hybridized carbons (Fsp3) is 0.645. The van der Waals surface area contributed by atoms with E-state index in [-0.39, 0.29) is 65.9 Å². The molecule has 0 aromatic carbocycles. The summed E-state index contributed by atoms with van der Waals surface area (Å²) in [7, 11) is 0. The highest BCUT2D eigenvalue weighted by molar-refractivity contribution is 7.11. The van der Waals surface area contributed by atoms with Crippen LogP contribution in [0.5, 0.6) is 0 Å². The largest absolute Gasteiger partial charge is 0.462 e. The van der Waals surface area contributed by atoms with Gasteiger partial charge in [0.25, 0.3) is 0 Å². The summed E-state index contributed by atoms with van der Waals surface area (Å²) >= 11 is 1.57. The van der Waals surface area contributed by atoms with Gasteiger partial charge in [-0.15, -0.1) is 11.3 Å². The summed E-state index contributed by atoms with van der Waals surface area (Å²) in [5.41, 5.74) is 1.49. The van der Waals surface area contributed by atoms with Gasteiger partial charge in [0.15, 0.2) is 5.78 Å². The Balaban J connectivity index is 1.39. The summed E-state index contributed by atoms with van der Waals surface area (Å²) in [6, 6.07) is 3.95. The zero-order valence-electron chi connectivity index (χ0n) is 21.9. The third kappa shape index (κ3) is 4.43. The molecule has 6 rings (SSSR count). The van der Waals surface area contributed by atoms with Crippen molar-refractivity contribution < 1.29 is 23.9 Å². The number of cyclic esters (lactones) is 1. The van der Waals surface area contributed by atoms with Crippen molar-refractivity contribution in [3.8, 4) is 0 Å². The molecule has 6 heteroatoms. The number of esters is 2. The third-order valence-electron chi connectivity index (χ3n) is 9.95. The molecule has 1 aromatic rings. The number of ether oxygens (including phenoxy) is 2. The van der Waals surface area contributed by atoms with Crippen LogP contribution in [0, 0.1) is 41.4 Å². The highest BCUT2D eigenvalue weighted by Crippen LogP contribution is 2.60. The molecule has 2 aliphatic heterocycles. The summed E-state index contributed by atoms with van der Waals surface area (Å²) < 4.78 is 12.2. The zero-order chi connectivity index (χ0) is 25.7. The Morgan fingerprint density at radius 1 is 0.946 bits per heavy atom. The molecule has 3 fully saturated rings. The lowest BCUT2D eigenvalue weighted by molar-refractivity contribution is -0.161. The van der Waals surface area contributed by atoms with E-state index in [0.717, 1.165) is 61.8 Å². The molecule has 5 nitrogen and oxygen atoms in total. The first-order valence-corrected chi connectivity index (χ1v) is 15.3. The number of allylic oxidation sites excluding steroid dienone is 2. The number of fused-ring (bicyclic) bond motifs is 8. The highest BCUT2D eigenvalue weighted by Gasteiger charge is 2.59. The molecule has 9 atom stereocenters. The Hall–Kier alpha value is -2.21. The second-order valence-corrected chi connectivity index (χ2v) is 12.9. The molecule has 5 unspecified atom stereocenters. The van der Waals surface area contributed by atoms with Crippen LogP contribution in [-0.2, 0) is 23.9 Å². The predicted molar refractivity (Wildman–Crippen MR) is 142 cm³/mol. The fourth-order valence-electron chi connectivity index (χ4n) is 8.19. The average molecular weight is 523 g/mol. The normalized spacial score (nSPS) is 40.1. The van der Waals surface area contributed by atoms with Gasteiger partial charge in [0.05, 0.1) is 12.0 Å². The Kier molecular flexibility index (Phi) is 6.89. The number of rotatable bonds is 2. The maximum Gasteiger partial charge on any atom is 0.339 e. The van der Waals surface area contributed by atoms with Crippen LogP contribution in [-0.4, -0.2) is 29.9 Å². The van der Waals surface area contributed by atoms with Crippen LogP contribution in [0.1, 0.15) is 76.5 Å². The maximum absolute atomic E-state index is 13.8. The van der Waals surface area contributed by atoms with Crippen LogP contribution in [0.3, 0.4) is 0 Å². The number of hydrogen-bond donors (Lipinski definition) is 0. The molecule has 37 heavy (non-hydrogen) atoms. The quantitative estimate of drug-likeness (QED) is 0.422. The average Bonchev–Trinajstić information content (AvgIpc) is 3.64. The summed E-state index contributed by atoms with van der Waals surface area (Å²) in [6.45, 7) is 4.11. The lowest BCUT2D eigenvalue weighted by Gasteiger charge is -2.49. The molecule has 0 radical (unpaired) electrons. The maximum atomic E-state index is 13.8. The van der Waals surface area contributed by atoms with E-state index in [2.05, 4.69) is 19.1 Å². The molecule has 0 N–H and O–H groups in total. The number of carbonyl (C=O) groups is 3. The molecule has 3 heterocycles. The van der Waals surface area contributed by atoms with Gasteiger partial charge in [0.1, 0.15) is 12.2 Å². The Morgan fingerprint density at radius 3 is 2.49 bits per heavy atom. The van der Waals surface area contributed by atoms with Crippen molar-refractivity contribution in [3.63, 3.8) is 0 Å². The number of carbonyl (C=O) groups excluding carboxylic acids is 3. The van der Waals surface area contributed by atoms with E-state index in [1.54, 1.807) is 11.3 Å². The topological polar surface area (TPSA) is 69.7 Å². The first kappa shape index (κ1) is 25.1. The van der Waals surface area contributed by atoms with Crippen molar-refractivity contribution in [3.05, 3.63) is 40.1 Å². The fourth-order valence-corrected chi connectivity index (χ4v) is 8.93. The van der Waals surface area contributed by atoms with Crippen molar-refractivity contribution in [2.75, 3.05) is 0 Å². The van der Waals surface area contributed by atoms with Crippen molar-refractivity contribution >= 4 is 34.6 Å². The molecular formula is C31H38O5S. The summed E-state index contributed by atoms with van der Waals surface area (Å²) in [4.78, 5) is 41.3. The molecule has 2 saturated carbocycles. The van der Waals surface area contributed by atoms with Crippen molar-refractivity contribution in [2.24, 2.45) is 41.4 Å². The molecule has 5 aliphatic rings. The summed E-state index contributed by atoms with van der Waals surface area (Å²) in [5, 5.41) is 1.99. The summed E-state index contributed by atoms with van der Waals surface area (Å²) in [5.74, 6) is 0.554. The molecule has 1 aromatic heterocycles. The van der Waals surface area contributed by atoms with E-state index in [9.17, 15) is 14.4 Å². The second-order valence-electron chi connectivity index (χ2n) is 11.9. The van der Waals surface area contributed by atoms with Gasteiger partial charge >= 0.3 is 11.9 Å². The molecular weight excluding hydrogens is 484 g/mol. The Morgan fingerprint density at radius 2 is 1.73 bits per heavy atom. The number of Topliss-reactive ketones (excluding diaryl/α,β-unsaturated/α-hetero) is 1. The first-order valence-electron chi connectivity index (χ1n) is 14.4. The number of ketones is 1.